The minimum atomic E-state index is 0.284. The van der Waals surface area contributed by atoms with Crippen LogP contribution in [-0.2, 0) is 19.4 Å². The number of nitrogens with zero attached hydrogens (tertiary/aromatic N) is 1. The van der Waals surface area contributed by atoms with Crippen molar-refractivity contribution < 1.29 is 5.11 Å². The lowest BCUT2D eigenvalue weighted by molar-refractivity contribution is 0.260. The molecule has 1 aromatic rings. The first kappa shape index (κ1) is 14.0. The van der Waals surface area contributed by atoms with E-state index in [9.17, 15) is 0 Å². The van der Waals surface area contributed by atoms with Crippen LogP contribution in [0.4, 0.5) is 0 Å². The molecular weight excluding hydrogens is 244 g/mol. The van der Waals surface area contributed by atoms with Crippen molar-refractivity contribution in [2.24, 2.45) is 11.8 Å². The minimum absolute atomic E-state index is 0.284. The molecule has 1 aromatic heterocycles. The van der Waals surface area contributed by atoms with Crippen LogP contribution >= 0.6 is 11.3 Å². The van der Waals surface area contributed by atoms with Gasteiger partial charge in [-0.25, -0.2) is 4.98 Å². The van der Waals surface area contributed by atoms with Gasteiger partial charge in [0.25, 0.3) is 0 Å². The molecule has 1 aliphatic rings. The molecule has 0 amide bonds. The molecule has 0 bridgehead atoms. The van der Waals surface area contributed by atoms with Gasteiger partial charge in [-0.3, -0.25) is 0 Å². The van der Waals surface area contributed by atoms with E-state index >= 15 is 0 Å². The Morgan fingerprint density at radius 1 is 1.56 bits per heavy atom. The van der Waals surface area contributed by atoms with Gasteiger partial charge >= 0.3 is 0 Å². The number of aromatic nitrogens is 1. The van der Waals surface area contributed by atoms with Gasteiger partial charge in [0.15, 0.2) is 0 Å². The zero-order chi connectivity index (χ0) is 13.0. The molecule has 3 nitrogen and oxygen atoms in total. The molecule has 4 heteroatoms. The highest BCUT2D eigenvalue weighted by molar-refractivity contribution is 7.11. The van der Waals surface area contributed by atoms with Gasteiger partial charge in [-0.15, -0.1) is 11.3 Å². The summed E-state index contributed by atoms with van der Waals surface area (Å²) in [6.45, 7) is 6.62. The van der Waals surface area contributed by atoms with Crippen LogP contribution in [0, 0.1) is 11.8 Å². The summed E-state index contributed by atoms with van der Waals surface area (Å²) in [4.78, 5) is 6.24. The predicted octanol–water partition coefficient (Wildman–Crippen LogP) is 2.38. The maximum absolute atomic E-state index is 8.85. The number of hydrogen-bond donors (Lipinski definition) is 2. The molecule has 0 spiro atoms. The summed E-state index contributed by atoms with van der Waals surface area (Å²) in [6, 6.07) is 0. The van der Waals surface area contributed by atoms with Crippen LogP contribution in [0.1, 0.15) is 42.3 Å². The molecule has 0 radical (unpaired) electrons. The minimum Gasteiger partial charge on any atom is -0.396 e. The number of rotatable bonds is 6. The normalized spacial score (nSPS) is 20.7. The molecule has 0 aromatic carbocycles. The number of aryl methyl sites for hydroxylation is 1. The van der Waals surface area contributed by atoms with E-state index in [4.69, 9.17) is 10.1 Å². The summed E-state index contributed by atoms with van der Waals surface area (Å²) in [5, 5.41) is 13.5. The van der Waals surface area contributed by atoms with Crippen molar-refractivity contribution in [1.29, 1.82) is 0 Å². The standard InChI is InChI=1S/C14H24N2OS/c1-10-3-4-12-13(7-10)18-14(16-12)9-15-8-11(2)5-6-17/h10-11,15,17H,3-9H2,1-2H3. The first-order chi connectivity index (χ1) is 8.69. The fourth-order valence-corrected chi connectivity index (χ4v) is 3.66. The molecule has 2 unspecified atom stereocenters. The fraction of sp³-hybridized carbons (Fsp3) is 0.786. The lowest BCUT2D eigenvalue weighted by Crippen LogP contribution is -2.21. The molecule has 0 saturated carbocycles. The van der Waals surface area contributed by atoms with E-state index in [1.807, 2.05) is 11.3 Å². The van der Waals surface area contributed by atoms with Crippen molar-refractivity contribution >= 4 is 11.3 Å². The third kappa shape index (κ3) is 3.77. The van der Waals surface area contributed by atoms with E-state index < -0.39 is 0 Å². The highest BCUT2D eigenvalue weighted by Crippen LogP contribution is 2.29. The van der Waals surface area contributed by atoms with Gasteiger partial charge in [-0.05, 0) is 44.1 Å². The Morgan fingerprint density at radius 3 is 3.17 bits per heavy atom. The third-order valence-corrected chi connectivity index (χ3v) is 4.74. The molecule has 1 heterocycles. The van der Waals surface area contributed by atoms with E-state index in [1.54, 1.807) is 0 Å². The van der Waals surface area contributed by atoms with Crippen LogP contribution in [0.25, 0.3) is 0 Å². The summed E-state index contributed by atoms with van der Waals surface area (Å²) < 4.78 is 0. The molecular formula is C14H24N2OS. The van der Waals surface area contributed by atoms with Crippen molar-refractivity contribution in [3.8, 4) is 0 Å². The van der Waals surface area contributed by atoms with Crippen molar-refractivity contribution in [1.82, 2.24) is 10.3 Å². The van der Waals surface area contributed by atoms with Gasteiger partial charge in [0.05, 0.1) is 5.69 Å². The Kier molecular flexibility index (Phi) is 5.15. The maximum atomic E-state index is 8.85. The second-order valence-electron chi connectivity index (χ2n) is 5.57. The molecule has 0 saturated heterocycles. The molecule has 2 rings (SSSR count). The molecule has 102 valence electrons. The van der Waals surface area contributed by atoms with Crippen LogP contribution in [-0.4, -0.2) is 23.2 Å². The van der Waals surface area contributed by atoms with Crippen molar-refractivity contribution in [3.05, 3.63) is 15.6 Å². The van der Waals surface area contributed by atoms with Crippen molar-refractivity contribution in [3.63, 3.8) is 0 Å². The Balaban J connectivity index is 1.80. The number of fused-ring (bicyclic) bond motifs is 1. The fourth-order valence-electron chi connectivity index (χ4n) is 2.42. The van der Waals surface area contributed by atoms with Gasteiger partial charge < -0.3 is 10.4 Å². The average molecular weight is 268 g/mol. The Bertz CT molecular complexity index is 378. The van der Waals surface area contributed by atoms with E-state index in [1.165, 1.54) is 28.4 Å². The quantitative estimate of drug-likeness (QED) is 0.832. The summed E-state index contributed by atoms with van der Waals surface area (Å²) >= 11 is 1.88. The van der Waals surface area contributed by atoms with Crippen molar-refractivity contribution in [2.45, 2.75) is 46.1 Å². The maximum Gasteiger partial charge on any atom is 0.107 e. The monoisotopic (exact) mass is 268 g/mol. The number of hydrogen-bond acceptors (Lipinski definition) is 4. The number of nitrogens with one attached hydrogen (secondary N) is 1. The Labute approximate surface area is 114 Å². The number of thiazole rings is 1. The smallest absolute Gasteiger partial charge is 0.107 e. The lowest BCUT2D eigenvalue weighted by atomic mass is 9.93. The first-order valence-electron chi connectivity index (χ1n) is 6.98. The molecule has 18 heavy (non-hydrogen) atoms. The summed E-state index contributed by atoms with van der Waals surface area (Å²) in [5.74, 6) is 1.35. The zero-order valence-electron chi connectivity index (χ0n) is 11.4. The van der Waals surface area contributed by atoms with Crippen LogP contribution in [0.5, 0.6) is 0 Å². The SMILES string of the molecule is CC(CCO)CNCc1nc2c(s1)CC(C)CC2. The summed E-state index contributed by atoms with van der Waals surface area (Å²) in [6.07, 6.45) is 4.54. The number of aliphatic hydroxyl groups excluding tert-OH is 1. The largest absolute Gasteiger partial charge is 0.396 e. The molecule has 2 N–H and O–H groups in total. The summed E-state index contributed by atoms with van der Waals surface area (Å²) in [7, 11) is 0. The topological polar surface area (TPSA) is 45.1 Å². The highest BCUT2D eigenvalue weighted by atomic mass is 32.1. The predicted molar refractivity (Wildman–Crippen MR) is 75.9 cm³/mol. The van der Waals surface area contributed by atoms with Gasteiger partial charge in [0.1, 0.15) is 5.01 Å². The van der Waals surface area contributed by atoms with Crippen LogP contribution in [0.3, 0.4) is 0 Å². The van der Waals surface area contributed by atoms with Crippen molar-refractivity contribution in [2.75, 3.05) is 13.2 Å². The van der Waals surface area contributed by atoms with E-state index in [2.05, 4.69) is 19.2 Å². The Hall–Kier alpha value is -0.450. The van der Waals surface area contributed by atoms with Gasteiger partial charge in [-0.2, -0.15) is 0 Å². The second-order valence-corrected chi connectivity index (χ2v) is 6.74. The average Bonchev–Trinajstić information content (AvgIpc) is 2.71. The molecule has 2 atom stereocenters. The first-order valence-corrected chi connectivity index (χ1v) is 7.79. The van der Waals surface area contributed by atoms with Crippen LogP contribution in [0.2, 0.25) is 0 Å². The Morgan fingerprint density at radius 2 is 2.39 bits per heavy atom. The molecule has 0 aliphatic heterocycles. The van der Waals surface area contributed by atoms with E-state index in [-0.39, 0.29) is 6.61 Å². The third-order valence-electron chi connectivity index (χ3n) is 3.62. The molecule has 0 fully saturated rings. The van der Waals surface area contributed by atoms with Gasteiger partial charge in [-0.1, -0.05) is 13.8 Å². The van der Waals surface area contributed by atoms with E-state index in [0.29, 0.717) is 5.92 Å². The molecule has 1 aliphatic carbocycles. The van der Waals surface area contributed by atoms with E-state index in [0.717, 1.165) is 31.8 Å². The van der Waals surface area contributed by atoms with Gasteiger partial charge in [0.2, 0.25) is 0 Å². The second kappa shape index (κ2) is 6.64. The van der Waals surface area contributed by atoms with Crippen LogP contribution in [0.15, 0.2) is 0 Å². The lowest BCUT2D eigenvalue weighted by Gasteiger charge is -2.15. The number of aliphatic hydroxyl groups is 1. The highest BCUT2D eigenvalue weighted by Gasteiger charge is 2.19. The zero-order valence-corrected chi connectivity index (χ0v) is 12.2. The van der Waals surface area contributed by atoms with Crippen LogP contribution < -0.4 is 5.32 Å². The summed E-state index contributed by atoms with van der Waals surface area (Å²) in [5.41, 5.74) is 1.35. The van der Waals surface area contributed by atoms with Gasteiger partial charge in [0, 0.05) is 18.0 Å².